The zero-order valence-electron chi connectivity index (χ0n) is 12.2. The number of aryl methyl sites for hydroxylation is 1. The Bertz CT molecular complexity index is 885. The van der Waals surface area contributed by atoms with Gasteiger partial charge in [0.25, 0.3) is 10.0 Å². The molecule has 0 atom stereocenters. The zero-order chi connectivity index (χ0) is 17.0. The molecule has 2 rings (SSSR count). The minimum atomic E-state index is -4.23. The van der Waals surface area contributed by atoms with Gasteiger partial charge in [-0.05, 0) is 30.7 Å². The zero-order valence-corrected chi connectivity index (χ0v) is 13.0. The molecule has 0 radical (unpaired) electrons. The number of sulfonamides is 1. The Morgan fingerprint density at radius 1 is 1.22 bits per heavy atom. The van der Waals surface area contributed by atoms with E-state index < -0.39 is 26.6 Å². The van der Waals surface area contributed by atoms with E-state index in [1.807, 2.05) is 23.8 Å². The van der Waals surface area contributed by atoms with Crippen LogP contribution in [0.2, 0.25) is 0 Å². The van der Waals surface area contributed by atoms with Crippen LogP contribution in [0.5, 0.6) is 0 Å². The Balaban J connectivity index is 2.17. The topological polar surface area (TPSA) is 87.0 Å². The lowest BCUT2D eigenvalue weighted by Gasteiger charge is -2.08. The standard InChI is InChI=1S/C16H13FN2O3S/c1-11-2-4-12(5-3-11)8-16(20)19-23(21,22)15-7-13(10-18)6-14(17)9-15/h2-7,9H,8H2,1H3,(H,19,20). The van der Waals surface area contributed by atoms with Gasteiger partial charge >= 0.3 is 0 Å². The SMILES string of the molecule is Cc1ccc(CC(=O)NS(=O)(=O)c2cc(F)cc(C#N)c2)cc1. The van der Waals surface area contributed by atoms with Crippen LogP contribution in [0, 0.1) is 24.1 Å². The summed E-state index contributed by atoms with van der Waals surface area (Å²) in [5.74, 6) is -1.60. The van der Waals surface area contributed by atoms with Gasteiger partial charge in [-0.2, -0.15) is 5.26 Å². The van der Waals surface area contributed by atoms with Crippen molar-refractivity contribution < 1.29 is 17.6 Å². The second-order valence-electron chi connectivity index (χ2n) is 4.98. The van der Waals surface area contributed by atoms with Crippen molar-refractivity contribution in [3.8, 4) is 6.07 Å². The number of hydrogen-bond acceptors (Lipinski definition) is 4. The van der Waals surface area contributed by atoms with Gasteiger partial charge in [-0.25, -0.2) is 17.5 Å². The first-order chi connectivity index (χ1) is 10.8. The number of carbonyl (C=O) groups is 1. The first-order valence-corrected chi connectivity index (χ1v) is 8.10. The summed E-state index contributed by atoms with van der Waals surface area (Å²) in [6.07, 6.45) is -0.125. The first kappa shape index (κ1) is 16.6. The summed E-state index contributed by atoms with van der Waals surface area (Å²) in [6, 6.07) is 11.4. The Morgan fingerprint density at radius 2 is 1.87 bits per heavy atom. The largest absolute Gasteiger partial charge is 0.274 e. The highest BCUT2D eigenvalue weighted by Gasteiger charge is 2.19. The van der Waals surface area contributed by atoms with Crippen molar-refractivity contribution in [3.05, 3.63) is 65.0 Å². The minimum absolute atomic E-state index is 0.125. The molecule has 1 amide bonds. The minimum Gasteiger partial charge on any atom is -0.274 e. The van der Waals surface area contributed by atoms with Gasteiger partial charge in [0, 0.05) is 0 Å². The average Bonchev–Trinajstić information content (AvgIpc) is 2.48. The number of hydrogen-bond donors (Lipinski definition) is 1. The van der Waals surface area contributed by atoms with Gasteiger partial charge < -0.3 is 0 Å². The van der Waals surface area contributed by atoms with Gasteiger partial charge in [-0.15, -0.1) is 0 Å². The summed E-state index contributed by atoms with van der Waals surface area (Å²) in [5, 5.41) is 8.75. The molecule has 2 aromatic rings. The van der Waals surface area contributed by atoms with Crippen molar-refractivity contribution in [1.82, 2.24) is 4.72 Å². The van der Waals surface area contributed by atoms with Crippen molar-refractivity contribution in [1.29, 1.82) is 5.26 Å². The molecule has 1 N–H and O–H groups in total. The van der Waals surface area contributed by atoms with Crippen LogP contribution in [0.4, 0.5) is 4.39 Å². The molecule has 0 saturated carbocycles. The van der Waals surface area contributed by atoms with Crippen LogP contribution in [0.15, 0.2) is 47.4 Å². The Hall–Kier alpha value is -2.72. The molecule has 23 heavy (non-hydrogen) atoms. The molecular formula is C16H13FN2O3S. The molecule has 5 nitrogen and oxygen atoms in total. The van der Waals surface area contributed by atoms with Crippen LogP contribution in [0.1, 0.15) is 16.7 Å². The first-order valence-electron chi connectivity index (χ1n) is 6.62. The molecule has 0 saturated heterocycles. The number of nitrogens with zero attached hydrogens (tertiary/aromatic N) is 1. The molecule has 0 fully saturated rings. The van der Waals surface area contributed by atoms with E-state index in [-0.39, 0.29) is 12.0 Å². The van der Waals surface area contributed by atoms with Gasteiger partial charge in [0.1, 0.15) is 5.82 Å². The highest BCUT2D eigenvalue weighted by molar-refractivity contribution is 7.90. The smallest absolute Gasteiger partial charge is 0.264 e. The van der Waals surface area contributed by atoms with Crippen molar-refractivity contribution in [2.75, 3.05) is 0 Å². The molecular weight excluding hydrogens is 319 g/mol. The molecule has 0 aliphatic rings. The van der Waals surface area contributed by atoms with Crippen LogP contribution in [0.3, 0.4) is 0 Å². The number of rotatable bonds is 4. The van der Waals surface area contributed by atoms with Gasteiger partial charge in [0.2, 0.25) is 5.91 Å². The molecule has 118 valence electrons. The number of halogens is 1. The van der Waals surface area contributed by atoms with E-state index in [0.29, 0.717) is 5.56 Å². The third kappa shape index (κ3) is 4.37. The maximum Gasteiger partial charge on any atom is 0.264 e. The van der Waals surface area contributed by atoms with Gasteiger partial charge in [0.05, 0.1) is 22.9 Å². The van der Waals surface area contributed by atoms with Crippen LogP contribution >= 0.6 is 0 Å². The van der Waals surface area contributed by atoms with E-state index in [0.717, 1.165) is 23.8 Å². The summed E-state index contributed by atoms with van der Waals surface area (Å²) in [5.41, 5.74) is 1.53. The average molecular weight is 332 g/mol. The predicted molar refractivity (Wildman–Crippen MR) is 81.3 cm³/mol. The maximum absolute atomic E-state index is 13.3. The highest BCUT2D eigenvalue weighted by Crippen LogP contribution is 2.14. The monoisotopic (exact) mass is 332 g/mol. The van der Waals surface area contributed by atoms with Crippen molar-refractivity contribution in [2.45, 2.75) is 18.2 Å². The Labute approximate surface area is 133 Å². The van der Waals surface area contributed by atoms with Gasteiger partial charge in [0.15, 0.2) is 0 Å². The summed E-state index contributed by atoms with van der Waals surface area (Å²) in [7, 11) is -4.23. The molecule has 0 aromatic heterocycles. The van der Waals surface area contributed by atoms with E-state index in [9.17, 15) is 17.6 Å². The number of amides is 1. The molecule has 2 aromatic carbocycles. The number of benzene rings is 2. The summed E-state index contributed by atoms with van der Waals surface area (Å²) < 4.78 is 39.4. The highest BCUT2D eigenvalue weighted by atomic mass is 32.2. The lowest BCUT2D eigenvalue weighted by Crippen LogP contribution is -2.31. The third-order valence-electron chi connectivity index (χ3n) is 3.04. The fraction of sp³-hybridized carbons (Fsp3) is 0.125. The van der Waals surface area contributed by atoms with Gasteiger partial charge in [-0.3, -0.25) is 4.79 Å². The van der Waals surface area contributed by atoms with Crippen molar-refractivity contribution in [3.63, 3.8) is 0 Å². The van der Waals surface area contributed by atoms with E-state index in [2.05, 4.69) is 0 Å². The summed E-state index contributed by atoms with van der Waals surface area (Å²) in [4.78, 5) is 11.4. The van der Waals surface area contributed by atoms with E-state index in [1.165, 1.54) is 0 Å². The Morgan fingerprint density at radius 3 is 2.48 bits per heavy atom. The summed E-state index contributed by atoms with van der Waals surface area (Å²) >= 11 is 0. The van der Waals surface area contributed by atoms with Crippen LogP contribution < -0.4 is 4.72 Å². The van der Waals surface area contributed by atoms with Crippen LogP contribution in [-0.2, 0) is 21.2 Å². The lowest BCUT2D eigenvalue weighted by atomic mass is 10.1. The van der Waals surface area contributed by atoms with E-state index in [1.54, 1.807) is 18.2 Å². The molecule has 0 heterocycles. The molecule has 0 unspecified atom stereocenters. The quantitative estimate of drug-likeness (QED) is 0.928. The third-order valence-corrected chi connectivity index (χ3v) is 4.40. The van der Waals surface area contributed by atoms with Crippen molar-refractivity contribution >= 4 is 15.9 Å². The molecule has 7 heteroatoms. The number of carbonyl (C=O) groups excluding carboxylic acids is 1. The predicted octanol–water partition coefficient (Wildman–Crippen LogP) is 2.05. The maximum atomic E-state index is 13.3. The summed E-state index contributed by atoms with van der Waals surface area (Å²) in [6.45, 7) is 1.89. The molecule has 0 spiro atoms. The second kappa shape index (κ2) is 6.58. The van der Waals surface area contributed by atoms with E-state index >= 15 is 0 Å². The van der Waals surface area contributed by atoms with Crippen LogP contribution in [0.25, 0.3) is 0 Å². The Kier molecular flexibility index (Phi) is 4.77. The fourth-order valence-corrected chi connectivity index (χ4v) is 2.96. The normalized spacial score (nSPS) is 10.8. The van der Waals surface area contributed by atoms with Crippen LogP contribution in [-0.4, -0.2) is 14.3 Å². The number of nitrogens with one attached hydrogen (secondary N) is 1. The van der Waals surface area contributed by atoms with Crippen molar-refractivity contribution in [2.24, 2.45) is 0 Å². The second-order valence-corrected chi connectivity index (χ2v) is 6.66. The van der Waals surface area contributed by atoms with E-state index in [4.69, 9.17) is 5.26 Å². The molecule has 0 aliphatic heterocycles. The number of nitriles is 1. The van der Waals surface area contributed by atoms with Gasteiger partial charge in [-0.1, -0.05) is 29.8 Å². The molecule has 0 bridgehead atoms. The molecule has 0 aliphatic carbocycles. The lowest BCUT2D eigenvalue weighted by molar-refractivity contribution is -0.118. The fourth-order valence-electron chi connectivity index (χ4n) is 1.92.